The normalized spacial score (nSPS) is 10.6. The van der Waals surface area contributed by atoms with Crippen molar-refractivity contribution in [2.24, 2.45) is 5.92 Å². The van der Waals surface area contributed by atoms with Crippen LogP contribution in [0, 0.1) is 5.92 Å². The summed E-state index contributed by atoms with van der Waals surface area (Å²) in [6, 6.07) is 3.38. The van der Waals surface area contributed by atoms with E-state index in [0.29, 0.717) is 10.7 Å². The van der Waals surface area contributed by atoms with Crippen LogP contribution >= 0.6 is 11.6 Å². The summed E-state index contributed by atoms with van der Waals surface area (Å²) in [6.07, 6.45) is 3.29. The van der Waals surface area contributed by atoms with E-state index in [1.165, 1.54) is 0 Å². The summed E-state index contributed by atoms with van der Waals surface area (Å²) in [6.45, 7) is 4.05. The van der Waals surface area contributed by atoms with Crippen molar-refractivity contribution in [3.8, 4) is 0 Å². The molecule has 0 aliphatic heterocycles. The Morgan fingerprint density at radius 1 is 1.43 bits per heavy atom. The maximum atomic E-state index is 11.8. The molecule has 14 heavy (non-hydrogen) atoms. The third-order valence-electron chi connectivity index (χ3n) is 2.37. The smallest absolute Gasteiger partial charge is 0.167 e. The zero-order chi connectivity index (χ0) is 10.6. The Morgan fingerprint density at radius 2 is 2.07 bits per heavy atom. The molecule has 0 bridgehead atoms. The fourth-order valence-corrected chi connectivity index (χ4v) is 1.53. The van der Waals surface area contributed by atoms with Gasteiger partial charge in [0.15, 0.2) is 5.78 Å². The Labute approximate surface area is 89.3 Å². The van der Waals surface area contributed by atoms with E-state index in [9.17, 15) is 4.79 Å². The number of carbonyl (C=O) groups excluding carboxylic acids is 1. The molecular weight excluding hydrogens is 198 g/mol. The minimum Gasteiger partial charge on any atom is -0.294 e. The van der Waals surface area contributed by atoms with E-state index in [1.54, 1.807) is 18.3 Å². The number of aromatic nitrogens is 1. The number of hydrogen-bond acceptors (Lipinski definition) is 2. The second kappa shape index (κ2) is 5.11. The van der Waals surface area contributed by atoms with Crippen molar-refractivity contribution in [2.45, 2.75) is 26.7 Å². The monoisotopic (exact) mass is 211 g/mol. The second-order valence-electron chi connectivity index (χ2n) is 3.25. The van der Waals surface area contributed by atoms with Gasteiger partial charge in [-0.05, 0) is 25.0 Å². The van der Waals surface area contributed by atoms with E-state index in [0.717, 1.165) is 12.8 Å². The number of ketones is 1. The predicted octanol–water partition coefficient (Wildman–Crippen LogP) is 3.35. The van der Waals surface area contributed by atoms with Gasteiger partial charge in [-0.15, -0.1) is 0 Å². The lowest BCUT2D eigenvalue weighted by molar-refractivity contribution is 0.0913. The Balaban J connectivity index is 2.83. The number of carbonyl (C=O) groups is 1. The number of hydrogen-bond donors (Lipinski definition) is 0. The van der Waals surface area contributed by atoms with E-state index in [4.69, 9.17) is 11.6 Å². The molecule has 1 aromatic rings. The van der Waals surface area contributed by atoms with Crippen molar-refractivity contribution in [1.82, 2.24) is 4.98 Å². The molecule has 0 spiro atoms. The van der Waals surface area contributed by atoms with Gasteiger partial charge in [0.2, 0.25) is 0 Å². The lowest BCUT2D eigenvalue weighted by atomic mass is 9.94. The van der Waals surface area contributed by atoms with Crippen LogP contribution in [0.2, 0.25) is 5.15 Å². The molecule has 3 heteroatoms. The van der Waals surface area contributed by atoms with Gasteiger partial charge in [-0.2, -0.15) is 0 Å². The molecule has 0 atom stereocenters. The van der Waals surface area contributed by atoms with Gasteiger partial charge < -0.3 is 0 Å². The van der Waals surface area contributed by atoms with Gasteiger partial charge in [0.25, 0.3) is 0 Å². The molecule has 0 unspecified atom stereocenters. The van der Waals surface area contributed by atoms with Crippen LogP contribution in [-0.2, 0) is 0 Å². The lowest BCUT2D eigenvalue weighted by Gasteiger charge is -2.10. The molecule has 0 aliphatic carbocycles. The largest absolute Gasteiger partial charge is 0.294 e. The second-order valence-corrected chi connectivity index (χ2v) is 3.63. The Morgan fingerprint density at radius 3 is 2.50 bits per heavy atom. The first-order chi connectivity index (χ1) is 6.69. The molecule has 0 aliphatic rings. The molecule has 0 saturated heterocycles. The highest BCUT2D eigenvalue weighted by Gasteiger charge is 2.16. The molecule has 1 heterocycles. The van der Waals surface area contributed by atoms with E-state index in [-0.39, 0.29) is 11.7 Å². The van der Waals surface area contributed by atoms with Gasteiger partial charge in [0, 0.05) is 17.7 Å². The summed E-state index contributed by atoms with van der Waals surface area (Å²) in [5, 5.41) is 0.422. The van der Waals surface area contributed by atoms with Crippen LogP contribution in [0.3, 0.4) is 0 Å². The summed E-state index contributed by atoms with van der Waals surface area (Å²) < 4.78 is 0. The standard InChI is InChI=1S/C11H14ClNO/c1-3-8(4-2)11(14)9-5-6-10(12)13-7-9/h5-8H,3-4H2,1-2H3. The zero-order valence-electron chi connectivity index (χ0n) is 8.46. The van der Waals surface area contributed by atoms with Crippen molar-refractivity contribution in [1.29, 1.82) is 0 Å². The summed E-state index contributed by atoms with van der Waals surface area (Å²) in [5.41, 5.74) is 0.656. The molecule has 2 nitrogen and oxygen atoms in total. The number of nitrogens with zero attached hydrogens (tertiary/aromatic N) is 1. The van der Waals surface area contributed by atoms with Gasteiger partial charge in [0.05, 0.1) is 0 Å². The first kappa shape index (κ1) is 11.2. The van der Waals surface area contributed by atoms with Gasteiger partial charge >= 0.3 is 0 Å². The number of halogens is 1. The van der Waals surface area contributed by atoms with Crippen molar-refractivity contribution in [3.05, 3.63) is 29.0 Å². The number of Topliss-reactive ketones (excluding diaryl/α,β-unsaturated/α-hetero) is 1. The molecule has 1 aromatic heterocycles. The van der Waals surface area contributed by atoms with Gasteiger partial charge in [0.1, 0.15) is 5.15 Å². The number of pyridine rings is 1. The predicted molar refractivity (Wildman–Crippen MR) is 57.6 cm³/mol. The van der Waals surface area contributed by atoms with Crippen LogP contribution in [0.4, 0.5) is 0 Å². The molecule has 0 radical (unpaired) electrons. The highest BCUT2D eigenvalue weighted by molar-refractivity contribution is 6.29. The molecule has 1 rings (SSSR count). The van der Waals surface area contributed by atoms with Crippen LogP contribution in [0.25, 0.3) is 0 Å². The quantitative estimate of drug-likeness (QED) is 0.565. The fraction of sp³-hybridized carbons (Fsp3) is 0.455. The van der Waals surface area contributed by atoms with E-state index in [1.807, 2.05) is 13.8 Å². The third kappa shape index (κ3) is 2.55. The van der Waals surface area contributed by atoms with E-state index in [2.05, 4.69) is 4.98 Å². The van der Waals surface area contributed by atoms with Crippen LogP contribution in [0.1, 0.15) is 37.0 Å². The molecule has 0 amide bonds. The minimum atomic E-state index is 0.109. The van der Waals surface area contributed by atoms with Crippen molar-refractivity contribution >= 4 is 17.4 Å². The molecule has 76 valence electrons. The summed E-state index contributed by atoms with van der Waals surface area (Å²) in [7, 11) is 0. The first-order valence-electron chi connectivity index (χ1n) is 4.84. The number of rotatable bonds is 4. The highest BCUT2D eigenvalue weighted by Crippen LogP contribution is 2.16. The molecule has 0 fully saturated rings. The average Bonchev–Trinajstić information content (AvgIpc) is 2.20. The summed E-state index contributed by atoms with van der Waals surface area (Å²) in [4.78, 5) is 15.7. The third-order valence-corrected chi connectivity index (χ3v) is 2.59. The maximum absolute atomic E-state index is 11.8. The highest BCUT2D eigenvalue weighted by atomic mass is 35.5. The molecule has 0 aromatic carbocycles. The summed E-state index contributed by atoms with van der Waals surface area (Å²) in [5.74, 6) is 0.275. The molecule has 0 N–H and O–H groups in total. The Hall–Kier alpha value is -0.890. The SMILES string of the molecule is CCC(CC)C(=O)c1ccc(Cl)nc1. The van der Waals surface area contributed by atoms with Crippen molar-refractivity contribution < 1.29 is 4.79 Å². The van der Waals surface area contributed by atoms with Gasteiger partial charge in [-0.3, -0.25) is 4.79 Å². The average molecular weight is 212 g/mol. The Bertz CT molecular complexity index is 304. The molecular formula is C11H14ClNO. The minimum absolute atomic E-state index is 0.109. The van der Waals surface area contributed by atoms with Gasteiger partial charge in [-0.1, -0.05) is 25.4 Å². The topological polar surface area (TPSA) is 30.0 Å². The lowest BCUT2D eigenvalue weighted by Crippen LogP contribution is -2.13. The fourth-order valence-electron chi connectivity index (χ4n) is 1.42. The van der Waals surface area contributed by atoms with E-state index < -0.39 is 0 Å². The summed E-state index contributed by atoms with van der Waals surface area (Å²) >= 11 is 5.64. The van der Waals surface area contributed by atoms with Crippen molar-refractivity contribution in [3.63, 3.8) is 0 Å². The first-order valence-corrected chi connectivity index (χ1v) is 5.22. The van der Waals surface area contributed by atoms with Crippen LogP contribution < -0.4 is 0 Å². The van der Waals surface area contributed by atoms with Gasteiger partial charge in [-0.25, -0.2) is 4.98 Å². The Kier molecular flexibility index (Phi) is 4.08. The van der Waals surface area contributed by atoms with E-state index >= 15 is 0 Å². The maximum Gasteiger partial charge on any atom is 0.167 e. The van der Waals surface area contributed by atoms with Crippen LogP contribution in [0.5, 0.6) is 0 Å². The van der Waals surface area contributed by atoms with Crippen LogP contribution in [0.15, 0.2) is 18.3 Å². The van der Waals surface area contributed by atoms with Crippen molar-refractivity contribution in [2.75, 3.05) is 0 Å². The molecule has 0 saturated carbocycles. The van der Waals surface area contributed by atoms with Crippen LogP contribution in [-0.4, -0.2) is 10.8 Å². The zero-order valence-corrected chi connectivity index (χ0v) is 9.21.